The normalized spacial score (nSPS) is 18.8. The van der Waals surface area contributed by atoms with Crippen LogP contribution in [-0.4, -0.2) is 31.1 Å². The Balaban J connectivity index is 1.93. The number of rotatable bonds is 7. The molecule has 1 aliphatic heterocycles. The molecule has 0 unspecified atom stereocenters. The van der Waals surface area contributed by atoms with Crippen molar-refractivity contribution in [2.75, 3.05) is 26.2 Å². The van der Waals surface area contributed by atoms with E-state index in [1.165, 1.54) is 43.5 Å². The van der Waals surface area contributed by atoms with E-state index in [2.05, 4.69) is 55.3 Å². The molecular weight excluding hydrogens is 256 g/mol. The van der Waals surface area contributed by atoms with Gasteiger partial charge < -0.3 is 5.32 Å². The van der Waals surface area contributed by atoms with Crippen molar-refractivity contribution in [1.82, 2.24) is 10.2 Å². The molecule has 1 aromatic carbocycles. The maximum atomic E-state index is 3.51. The van der Waals surface area contributed by atoms with Crippen molar-refractivity contribution in [2.24, 2.45) is 5.41 Å². The number of benzene rings is 1. The number of hydrogen-bond acceptors (Lipinski definition) is 2. The molecule has 1 fully saturated rings. The van der Waals surface area contributed by atoms with E-state index >= 15 is 0 Å². The number of nitrogens with one attached hydrogen (secondary N) is 1. The summed E-state index contributed by atoms with van der Waals surface area (Å²) in [6.45, 7) is 12.9. The zero-order valence-electron chi connectivity index (χ0n) is 14.1. The summed E-state index contributed by atoms with van der Waals surface area (Å²) in [5.41, 5.74) is 3.52. The van der Waals surface area contributed by atoms with Crippen molar-refractivity contribution in [2.45, 2.75) is 53.0 Å². The van der Waals surface area contributed by atoms with Crippen LogP contribution < -0.4 is 5.32 Å². The van der Waals surface area contributed by atoms with Crippen LogP contribution in [0.2, 0.25) is 0 Å². The molecule has 0 atom stereocenters. The first-order valence-corrected chi connectivity index (χ1v) is 8.60. The van der Waals surface area contributed by atoms with E-state index in [1.807, 2.05) is 0 Å². The predicted octanol–water partition coefficient (Wildman–Crippen LogP) is 3.85. The molecule has 0 aromatic heterocycles. The molecular formula is C19H32N2. The third-order valence-electron chi connectivity index (χ3n) is 4.49. The van der Waals surface area contributed by atoms with Gasteiger partial charge >= 0.3 is 0 Å². The van der Waals surface area contributed by atoms with Crippen molar-refractivity contribution >= 4 is 0 Å². The number of piperidine rings is 1. The van der Waals surface area contributed by atoms with Crippen molar-refractivity contribution in [3.05, 3.63) is 35.4 Å². The smallest absolute Gasteiger partial charge is 0.0236 e. The SMILES string of the molecule is CCCNCCc1ccccc1CN1CCCC(C)(C)C1. The molecule has 1 aromatic rings. The van der Waals surface area contributed by atoms with Crippen LogP contribution in [0.4, 0.5) is 0 Å². The minimum Gasteiger partial charge on any atom is -0.316 e. The molecule has 1 N–H and O–H groups in total. The lowest BCUT2D eigenvalue weighted by Crippen LogP contribution is -2.39. The van der Waals surface area contributed by atoms with Gasteiger partial charge in [-0.1, -0.05) is 45.0 Å². The summed E-state index contributed by atoms with van der Waals surface area (Å²) in [5.74, 6) is 0. The zero-order valence-corrected chi connectivity index (χ0v) is 14.1. The maximum Gasteiger partial charge on any atom is 0.0236 e. The van der Waals surface area contributed by atoms with Crippen molar-refractivity contribution in [3.8, 4) is 0 Å². The van der Waals surface area contributed by atoms with Gasteiger partial charge in [0.2, 0.25) is 0 Å². The van der Waals surface area contributed by atoms with Crippen molar-refractivity contribution in [3.63, 3.8) is 0 Å². The molecule has 2 heteroatoms. The molecule has 118 valence electrons. The summed E-state index contributed by atoms with van der Waals surface area (Å²) in [6.07, 6.45) is 5.07. The molecule has 0 radical (unpaired) electrons. The largest absolute Gasteiger partial charge is 0.316 e. The van der Waals surface area contributed by atoms with Crippen LogP contribution in [0, 0.1) is 5.41 Å². The lowest BCUT2D eigenvalue weighted by Gasteiger charge is -2.38. The molecule has 0 spiro atoms. The van der Waals surface area contributed by atoms with E-state index in [9.17, 15) is 0 Å². The average molecular weight is 288 g/mol. The van der Waals surface area contributed by atoms with E-state index in [0.29, 0.717) is 5.41 Å². The van der Waals surface area contributed by atoms with Crippen LogP contribution in [-0.2, 0) is 13.0 Å². The summed E-state index contributed by atoms with van der Waals surface area (Å²) < 4.78 is 0. The van der Waals surface area contributed by atoms with Crippen LogP contribution in [0.1, 0.15) is 51.2 Å². The highest BCUT2D eigenvalue weighted by molar-refractivity contribution is 5.27. The van der Waals surface area contributed by atoms with Gasteiger partial charge in [0.15, 0.2) is 0 Å². The van der Waals surface area contributed by atoms with E-state index in [4.69, 9.17) is 0 Å². The quantitative estimate of drug-likeness (QED) is 0.767. The Kier molecular flexibility index (Phi) is 6.25. The molecule has 0 bridgehead atoms. The summed E-state index contributed by atoms with van der Waals surface area (Å²) >= 11 is 0. The summed E-state index contributed by atoms with van der Waals surface area (Å²) in [5, 5.41) is 3.51. The Morgan fingerprint density at radius 3 is 2.62 bits per heavy atom. The van der Waals surface area contributed by atoms with Gasteiger partial charge in [-0.05, 0) is 61.9 Å². The summed E-state index contributed by atoms with van der Waals surface area (Å²) in [6, 6.07) is 8.99. The third-order valence-corrected chi connectivity index (χ3v) is 4.49. The fourth-order valence-corrected chi connectivity index (χ4v) is 3.40. The molecule has 0 amide bonds. The first-order valence-electron chi connectivity index (χ1n) is 8.60. The number of hydrogen-bond donors (Lipinski definition) is 1. The van der Waals surface area contributed by atoms with Crippen LogP contribution in [0.5, 0.6) is 0 Å². The van der Waals surface area contributed by atoms with Gasteiger partial charge in [0, 0.05) is 13.1 Å². The molecule has 21 heavy (non-hydrogen) atoms. The number of nitrogens with zero attached hydrogens (tertiary/aromatic N) is 1. The molecule has 0 saturated carbocycles. The van der Waals surface area contributed by atoms with E-state index < -0.39 is 0 Å². The highest BCUT2D eigenvalue weighted by Gasteiger charge is 2.26. The second-order valence-electron chi connectivity index (χ2n) is 7.25. The summed E-state index contributed by atoms with van der Waals surface area (Å²) in [4.78, 5) is 2.64. The van der Waals surface area contributed by atoms with Gasteiger partial charge in [-0.2, -0.15) is 0 Å². The molecule has 1 aliphatic rings. The van der Waals surface area contributed by atoms with Gasteiger partial charge in [-0.15, -0.1) is 0 Å². The standard InChI is InChI=1S/C19H32N2/c1-4-12-20-13-10-17-8-5-6-9-18(17)15-21-14-7-11-19(2,3)16-21/h5-6,8-9,20H,4,7,10-16H2,1-3H3. The van der Waals surface area contributed by atoms with Crippen LogP contribution in [0.15, 0.2) is 24.3 Å². The highest BCUT2D eigenvalue weighted by Crippen LogP contribution is 2.29. The second kappa shape index (κ2) is 7.95. The minimum absolute atomic E-state index is 0.482. The van der Waals surface area contributed by atoms with Crippen LogP contribution in [0.25, 0.3) is 0 Å². The van der Waals surface area contributed by atoms with Crippen LogP contribution in [0.3, 0.4) is 0 Å². The zero-order chi connectivity index (χ0) is 15.1. The van der Waals surface area contributed by atoms with Crippen LogP contribution >= 0.6 is 0 Å². The molecule has 2 rings (SSSR count). The Morgan fingerprint density at radius 2 is 1.90 bits per heavy atom. The topological polar surface area (TPSA) is 15.3 Å². The molecule has 2 nitrogen and oxygen atoms in total. The fraction of sp³-hybridized carbons (Fsp3) is 0.684. The first-order chi connectivity index (χ1) is 10.1. The Bertz CT molecular complexity index is 425. The van der Waals surface area contributed by atoms with Gasteiger partial charge in [0.25, 0.3) is 0 Å². The summed E-state index contributed by atoms with van der Waals surface area (Å²) in [7, 11) is 0. The van der Waals surface area contributed by atoms with Gasteiger partial charge in [-0.3, -0.25) is 4.90 Å². The fourth-order valence-electron chi connectivity index (χ4n) is 3.40. The molecule has 1 saturated heterocycles. The monoisotopic (exact) mass is 288 g/mol. The predicted molar refractivity (Wildman–Crippen MR) is 91.6 cm³/mol. The maximum absolute atomic E-state index is 3.51. The molecule has 0 aliphatic carbocycles. The highest BCUT2D eigenvalue weighted by atomic mass is 15.1. The molecule has 1 heterocycles. The third kappa shape index (κ3) is 5.44. The first kappa shape index (κ1) is 16.5. The van der Waals surface area contributed by atoms with Crippen molar-refractivity contribution < 1.29 is 0 Å². The van der Waals surface area contributed by atoms with Gasteiger partial charge in [0.1, 0.15) is 0 Å². The minimum atomic E-state index is 0.482. The average Bonchev–Trinajstić information content (AvgIpc) is 2.44. The number of likely N-dealkylation sites (tertiary alicyclic amines) is 1. The Morgan fingerprint density at radius 1 is 1.14 bits per heavy atom. The van der Waals surface area contributed by atoms with E-state index in [0.717, 1.165) is 26.1 Å². The Labute approximate surface area is 130 Å². The Hall–Kier alpha value is -0.860. The second-order valence-corrected chi connectivity index (χ2v) is 7.25. The van der Waals surface area contributed by atoms with Gasteiger partial charge in [-0.25, -0.2) is 0 Å². The van der Waals surface area contributed by atoms with Gasteiger partial charge in [0.05, 0.1) is 0 Å². The lowest BCUT2D eigenvalue weighted by atomic mass is 9.84. The van der Waals surface area contributed by atoms with E-state index in [1.54, 1.807) is 0 Å². The van der Waals surface area contributed by atoms with Crippen molar-refractivity contribution in [1.29, 1.82) is 0 Å². The lowest BCUT2D eigenvalue weighted by molar-refractivity contribution is 0.111. The van der Waals surface area contributed by atoms with E-state index in [-0.39, 0.29) is 0 Å².